The third-order valence-corrected chi connectivity index (χ3v) is 4.12. The summed E-state index contributed by atoms with van der Waals surface area (Å²) >= 11 is 7.12. The van der Waals surface area contributed by atoms with Crippen molar-refractivity contribution in [1.82, 2.24) is 9.55 Å². The number of hydrogen-bond donors (Lipinski definition) is 1. The van der Waals surface area contributed by atoms with Crippen LogP contribution in [0.25, 0.3) is 0 Å². The third-order valence-electron chi connectivity index (χ3n) is 2.84. The van der Waals surface area contributed by atoms with Gasteiger partial charge in [0.05, 0.1) is 6.54 Å². The fourth-order valence-corrected chi connectivity index (χ4v) is 3.07. The van der Waals surface area contributed by atoms with Gasteiger partial charge in [0.2, 0.25) is 0 Å². The second-order valence-corrected chi connectivity index (χ2v) is 5.13. The lowest BCUT2D eigenvalue weighted by atomic mass is 10.2. The molecule has 2 aromatic heterocycles. The molecule has 0 aliphatic heterocycles. The Hall–Kier alpha value is -0.870. The zero-order chi connectivity index (χ0) is 11.5. The average Bonchev–Trinajstić information content (AvgIpc) is 2.87. The van der Waals surface area contributed by atoms with Crippen LogP contribution in [0.4, 0.5) is 0 Å². The molecule has 0 atom stereocenters. The zero-order valence-electron chi connectivity index (χ0n) is 9.62. The molecule has 86 valence electrons. The maximum Gasteiger partial charge on any atom is 0.177 e. The van der Waals surface area contributed by atoms with E-state index in [9.17, 15) is 0 Å². The Morgan fingerprint density at radius 1 is 1.38 bits per heavy atom. The van der Waals surface area contributed by atoms with Crippen molar-refractivity contribution in [3.05, 3.63) is 38.5 Å². The third kappa shape index (κ3) is 2.13. The Morgan fingerprint density at radius 3 is 2.88 bits per heavy atom. The Bertz CT molecular complexity index is 519. The number of aromatic nitrogens is 2. The molecular formula is C12H16N2S2. The maximum absolute atomic E-state index is 5.30. The van der Waals surface area contributed by atoms with Crippen LogP contribution in [0.5, 0.6) is 0 Å². The molecule has 0 saturated carbocycles. The summed E-state index contributed by atoms with van der Waals surface area (Å²) in [6.07, 6.45) is 4.12. The molecule has 2 rings (SSSR count). The van der Waals surface area contributed by atoms with Crippen LogP contribution >= 0.6 is 23.6 Å². The highest BCUT2D eigenvalue weighted by molar-refractivity contribution is 7.71. The fraction of sp³-hybridized carbons (Fsp3) is 0.417. The van der Waals surface area contributed by atoms with Gasteiger partial charge in [0.25, 0.3) is 0 Å². The predicted octanol–water partition coefficient (Wildman–Crippen LogP) is 3.78. The first-order valence-electron chi connectivity index (χ1n) is 5.58. The van der Waals surface area contributed by atoms with Gasteiger partial charge in [-0.2, -0.15) is 0 Å². The van der Waals surface area contributed by atoms with E-state index in [0.29, 0.717) is 0 Å². The number of thiophene rings is 1. The summed E-state index contributed by atoms with van der Waals surface area (Å²) in [5, 5.41) is 2.16. The lowest BCUT2D eigenvalue weighted by Gasteiger charge is -2.06. The van der Waals surface area contributed by atoms with Crippen LogP contribution in [0.15, 0.2) is 17.6 Å². The number of aromatic amines is 1. The molecule has 0 aliphatic rings. The van der Waals surface area contributed by atoms with Gasteiger partial charge >= 0.3 is 0 Å². The largest absolute Gasteiger partial charge is 0.337 e. The molecule has 0 aromatic carbocycles. The number of nitrogens with one attached hydrogen (secondary N) is 1. The topological polar surface area (TPSA) is 20.7 Å². The van der Waals surface area contributed by atoms with Crippen molar-refractivity contribution in [2.75, 3.05) is 0 Å². The molecule has 0 fully saturated rings. The van der Waals surface area contributed by atoms with E-state index in [0.717, 1.165) is 24.2 Å². The highest BCUT2D eigenvalue weighted by atomic mass is 32.1. The minimum Gasteiger partial charge on any atom is -0.337 e. The number of aryl methyl sites for hydroxylation is 2. The van der Waals surface area contributed by atoms with Crippen molar-refractivity contribution in [2.45, 2.75) is 33.2 Å². The van der Waals surface area contributed by atoms with Gasteiger partial charge in [-0.25, -0.2) is 0 Å². The van der Waals surface area contributed by atoms with Gasteiger partial charge in [0.15, 0.2) is 4.77 Å². The van der Waals surface area contributed by atoms with Gasteiger partial charge in [0.1, 0.15) is 0 Å². The molecule has 16 heavy (non-hydrogen) atoms. The summed E-state index contributed by atoms with van der Waals surface area (Å²) in [6, 6.07) is 2.21. The average molecular weight is 252 g/mol. The molecule has 0 unspecified atom stereocenters. The first-order chi connectivity index (χ1) is 7.76. The van der Waals surface area contributed by atoms with Crippen molar-refractivity contribution >= 4 is 23.6 Å². The summed E-state index contributed by atoms with van der Waals surface area (Å²) < 4.78 is 3.02. The minimum atomic E-state index is 0.826. The Labute approximate surface area is 105 Å². The smallest absolute Gasteiger partial charge is 0.177 e. The summed E-state index contributed by atoms with van der Waals surface area (Å²) in [7, 11) is 0. The SMILES string of the molecule is CCc1ccsc1Cn1c(CC)c[nH]c1=S. The first-order valence-corrected chi connectivity index (χ1v) is 6.87. The number of H-pyrrole nitrogens is 1. The second-order valence-electron chi connectivity index (χ2n) is 3.75. The van der Waals surface area contributed by atoms with Crippen molar-refractivity contribution < 1.29 is 0 Å². The van der Waals surface area contributed by atoms with E-state index in [-0.39, 0.29) is 0 Å². The van der Waals surface area contributed by atoms with E-state index < -0.39 is 0 Å². The normalized spacial score (nSPS) is 10.9. The van der Waals surface area contributed by atoms with Crippen molar-refractivity contribution in [3.63, 3.8) is 0 Å². The summed E-state index contributed by atoms with van der Waals surface area (Å²) in [4.78, 5) is 4.54. The van der Waals surface area contributed by atoms with E-state index >= 15 is 0 Å². The highest BCUT2D eigenvalue weighted by Gasteiger charge is 2.07. The molecule has 0 bridgehead atoms. The number of rotatable bonds is 4. The van der Waals surface area contributed by atoms with Gasteiger partial charge in [-0.15, -0.1) is 11.3 Å². The quantitative estimate of drug-likeness (QED) is 0.821. The molecule has 1 N–H and O–H groups in total. The maximum atomic E-state index is 5.30. The lowest BCUT2D eigenvalue weighted by molar-refractivity contribution is 0.739. The van der Waals surface area contributed by atoms with E-state index in [1.165, 1.54) is 16.1 Å². The molecule has 0 saturated heterocycles. The standard InChI is InChI=1S/C12H16N2S2/c1-3-9-5-6-16-11(9)8-14-10(4-2)7-13-12(14)15/h5-7H,3-4,8H2,1-2H3,(H,13,15). The van der Waals surface area contributed by atoms with Gasteiger partial charge in [-0.05, 0) is 42.1 Å². The summed E-state index contributed by atoms with van der Waals surface area (Å²) in [6.45, 7) is 5.26. The van der Waals surface area contributed by atoms with Crippen LogP contribution < -0.4 is 0 Å². The Kier molecular flexibility index (Phi) is 3.61. The van der Waals surface area contributed by atoms with E-state index in [1.807, 2.05) is 17.5 Å². The van der Waals surface area contributed by atoms with Crippen LogP contribution in [0.3, 0.4) is 0 Å². The van der Waals surface area contributed by atoms with E-state index in [2.05, 4.69) is 34.8 Å². The Morgan fingerprint density at radius 2 is 2.19 bits per heavy atom. The number of nitrogens with zero attached hydrogens (tertiary/aromatic N) is 1. The van der Waals surface area contributed by atoms with Crippen LogP contribution in [-0.4, -0.2) is 9.55 Å². The van der Waals surface area contributed by atoms with Gasteiger partial charge in [0, 0.05) is 16.8 Å². The number of imidazole rings is 1. The fourth-order valence-electron chi connectivity index (χ4n) is 1.86. The van der Waals surface area contributed by atoms with Crippen molar-refractivity contribution in [2.24, 2.45) is 0 Å². The van der Waals surface area contributed by atoms with E-state index in [4.69, 9.17) is 12.2 Å². The number of hydrogen-bond acceptors (Lipinski definition) is 2. The highest BCUT2D eigenvalue weighted by Crippen LogP contribution is 2.19. The Balaban J connectivity index is 2.33. The summed E-state index contributed by atoms with van der Waals surface area (Å²) in [5.41, 5.74) is 2.72. The van der Waals surface area contributed by atoms with Gasteiger partial charge < -0.3 is 9.55 Å². The summed E-state index contributed by atoms with van der Waals surface area (Å²) in [5.74, 6) is 0. The molecule has 0 amide bonds. The van der Waals surface area contributed by atoms with Crippen LogP contribution in [0.1, 0.15) is 30.0 Å². The van der Waals surface area contributed by atoms with Gasteiger partial charge in [-0.1, -0.05) is 13.8 Å². The molecule has 0 radical (unpaired) electrons. The zero-order valence-corrected chi connectivity index (χ0v) is 11.3. The van der Waals surface area contributed by atoms with E-state index in [1.54, 1.807) is 0 Å². The molecular weight excluding hydrogens is 236 g/mol. The molecule has 0 aliphatic carbocycles. The van der Waals surface area contributed by atoms with Crippen LogP contribution in [0.2, 0.25) is 0 Å². The van der Waals surface area contributed by atoms with Crippen LogP contribution in [-0.2, 0) is 19.4 Å². The molecule has 2 aromatic rings. The first kappa shape index (κ1) is 11.6. The van der Waals surface area contributed by atoms with Crippen molar-refractivity contribution in [3.8, 4) is 0 Å². The molecule has 4 heteroatoms. The molecule has 0 spiro atoms. The minimum absolute atomic E-state index is 0.826. The van der Waals surface area contributed by atoms with Crippen molar-refractivity contribution in [1.29, 1.82) is 0 Å². The lowest BCUT2D eigenvalue weighted by Crippen LogP contribution is -2.03. The molecule has 2 nitrogen and oxygen atoms in total. The second kappa shape index (κ2) is 4.97. The predicted molar refractivity (Wildman–Crippen MR) is 71.8 cm³/mol. The monoisotopic (exact) mass is 252 g/mol. The molecule has 2 heterocycles. The van der Waals surface area contributed by atoms with Crippen LogP contribution in [0, 0.1) is 4.77 Å². The van der Waals surface area contributed by atoms with Gasteiger partial charge in [-0.3, -0.25) is 0 Å².